The molecule has 0 atom stereocenters. The summed E-state index contributed by atoms with van der Waals surface area (Å²) in [7, 11) is 3.31. The lowest BCUT2D eigenvalue weighted by Gasteiger charge is -2.14. The maximum atomic E-state index is 5.26. The van der Waals surface area contributed by atoms with Crippen molar-refractivity contribution in [3.05, 3.63) is 17.7 Å². The molecule has 0 bridgehead atoms. The first-order valence-electron chi connectivity index (χ1n) is 5.25. The Bertz CT molecular complexity index is 324. The van der Waals surface area contributed by atoms with Crippen LogP contribution in [0.25, 0.3) is 0 Å². The first-order chi connectivity index (χ1) is 7.26. The third-order valence-corrected chi connectivity index (χ3v) is 2.36. The summed E-state index contributed by atoms with van der Waals surface area (Å²) in [6, 6.07) is 4.01. The van der Waals surface area contributed by atoms with Crippen molar-refractivity contribution < 1.29 is 9.47 Å². The summed E-state index contributed by atoms with van der Waals surface area (Å²) in [6.07, 6.45) is 0.975. The number of methoxy groups -OCH3 is 2. The van der Waals surface area contributed by atoms with Gasteiger partial charge < -0.3 is 14.8 Å². The Balaban J connectivity index is 3.15. The molecule has 0 heterocycles. The lowest BCUT2D eigenvalue weighted by molar-refractivity contribution is 0.355. The Kier molecular flexibility index (Phi) is 4.28. The summed E-state index contributed by atoms with van der Waals surface area (Å²) in [4.78, 5) is 0. The fraction of sp³-hybridized carbons (Fsp3) is 0.500. The minimum Gasteiger partial charge on any atom is -0.493 e. The third-order valence-electron chi connectivity index (χ3n) is 2.36. The van der Waals surface area contributed by atoms with Gasteiger partial charge >= 0.3 is 0 Å². The molecule has 1 aromatic rings. The summed E-state index contributed by atoms with van der Waals surface area (Å²) in [6.45, 7) is 5.11. The molecule has 0 aliphatic rings. The Morgan fingerprint density at radius 1 is 1.07 bits per heavy atom. The second-order valence-corrected chi connectivity index (χ2v) is 3.25. The maximum absolute atomic E-state index is 5.26. The largest absolute Gasteiger partial charge is 0.493 e. The number of ether oxygens (including phenoxy) is 2. The molecule has 0 unspecified atom stereocenters. The van der Waals surface area contributed by atoms with E-state index in [9.17, 15) is 0 Å². The van der Waals surface area contributed by atoms with E-state index in [0.717, 1.165) is 30.2 Å². The zero-order valence-corrected chi connectivity index (χ0v) is 9.89. The predicted molar refractivity (Wildman–Crippen MR) is 63.1 cm³/mol. The van der Waals surface area contributed by atoms with E-state index in [1.54, 1.807) is 14.2 Å². The van der Waals surface area contributed by atoms with E-state index in [0.29, 0.717) is 0 Å². The van der Waals surface area contributed by atoms with Crippen LogP contribution in [-0.4, -0.2) is 20.8 Å². The molecule has 0 amide bonds. The number of hydrogen-bond donors (Lipinski definition) is 1. The second kappa shape index (κ2) is 5.49. The van der Waals surface area contributed by atoms with Crippen LogP contribution in [0.3, 0.4) is 0 Å². The smallest absolute Gasteiger partial charge is 0.162 e. The zero-order chi connectivity index (χ0) is 11.3. The van der Waals surface area contributed by atoms with E-state index in [-0.39, 0.29) is 0 Å². The van der Waals surface area contributed by atoms with Gasteiger partial charge in [0.25, 0.3) is 0 Å². The molecule has 0 saturated carbocycles. The Morgan fingerprint density at radius 2 is 1.67 bits per heavy atom. The van der Waals surface area contributed by atoms with Gasteiger partial charge in [-0.3, -0.25) is 0 Å². The highest BCUT2D eigenvalue weighted by molar-refractivity contribution is 5.60. The average Bonchev–Trinajstić information content (AvgIpc) is 2.28. The standard InChI is InChI=1S/C12H19NO2/c1-5-9-7-11(14-3)12(15-4)8-10(9)13-6-2/h7-8,13H,5-6H2,1-4H3. The van der Waals surface area contributed by atoms with Gasteiger partial charge in [-0.2, -0.15) is 0 Å². The van der Waals surface area contributed by atoms with Crippen molar-refractivity contribution in [3.63, 3.8) is 0 Å². The van der Waals surface area contributed by atoms with E-state index in [4.69, 9.17) is 9.47 Å². The normalized spacial score (nSPS) is 9.87. The van der Waals surface area contributed by atoms with Gasteiger partial charge in [-0.05, 0) is 25.0 Å². The topological polar surface area (TPSA) is 30.5 Å². The molecule has 0 saturated heterocycles. The van der Waals surface area contributed by atoms with E-state index in [1.165, 1.54) is 5.56 Å². The van der Waals surface area contributed by atoms with Crippen LogP contribution in [-0.2, 0) is 6.42 Å². The molecule has 1 aromatic carbocycles. The van der Waals surface area contributed by atoms with Crippen LogP contribution in [0.4, 0.5) is 5.69 Å². The molecule has 0 radical (unpaired) electrons. The zero-order valence-electron chi connectivity index (χ0n) is 9.89. The Labute approximate surface area is 91.4 Å². The van der Waals surface area contributed by atoms with Crippen molar-refractivity contribution in [1.29, 1.82) is 0 Å². The molecule has 15 heavy (non-hydrogen) atoms. The number of hydrogen-bond acceptors (Lipinski definition) is 3. The van der Waals surface area contributed by atoms with Gasteiger partial charge in [0.2, 0.25) is 0 Å². The van der Waals surface area contributed by atoms with Gasteiger partial charge in [-0.1, -0.05) is 6.92 Å². The SMILES string of the molecule is CCNc1cc(OC)c(OC)cc1CC. The first-order valence-corrected chi connectivity index (χ1v) is 5.25. The molecule has 1 rings (SSSR count). The molecular formula is C12H19NO2. The Hall–Kier alpha value is -1.38. The lowest BCUT2D eigenvalue weighted by atomic mass is 10.1. The van der Waals surface area contributed by atoms with Crippen LogP contribution in [0.5, 0.6) is 11.5 Å². The summed E-state index contributed by atoms with van der Waals surface area (Å²) >= 11 is 0. The molecule has 0 aromatic heterocycles. The molecule has 0 aliphatic heterocycles. The van der Waals surface area contributed by atoms with Crippen LogP contribution < -0.4 is 14.8 Å². The molecule has 0 aliphatic carbocycles. The second-order valence-electron chi connectivity index (χ2n) is 3.25. The number of aryl methyl sites for hydroxylation is 1. The quantitative estimate of drug-likeness (QED) is 0.808. The van der Waals surface area contributed by atoms with Gasteiger partial charge in [0.05, 0.1) is 14.2 Å². The van der Waals surface area contributed by atoms with Gasteiger partial charge in [0.1, 0.15) is 0 Å². The van der Waals surface area contributed by atoms with Crippen molar-refractivity contribution >= 4 is 5.69 Å². The van der Waals surface area contributed by atoms with Gasteiger partial charge in [0, 0.05) is 18.3 Å². The number of nitrogens with one attached hydrogen (secondary N) is 1. The first kappa shape index (κ1) is 11.7. The maximum Gasteiger partial charge on any atom is 0.162 e. The predicted octanol–water partition coefficient (Wildman–Crippen LogP) is 2.70. The summed E-state index contributed by atoms with van der Waals surface area (Å²) in [5.41, 5.74) is 2.37. The van der Waals surface area contributed by atoms with Crippen molar-refractivity contribution in [2.24, 2.45) is 0 Å². The van der Waals surface area contributed by atoms with Crippen LogP contribution in [0, 0.1) is 0 Å². The molecule has 0 spiro atoms. The monoisotopic (exact) mass is 209 g/mol. The van der Waals surface area contributed by atoms with Crippen LogP contribution in [0.15, 0.2) is 12.1 Å². The summed E-state index contributed by atoms with van der Waals surface area (Å²) in [5, 5.41) is 3.32. The minimum atomic E-state index is 0.769. The van der Waals surface area contributed by atoms with E-state index in [2.05, 4.69) is 19.2 Å². The van der Waals surface area contributed by atoms with Crippen molar-refractivity contribution in [2.75, 3.05) is 26.1 Å². The highest BCUT2D eigenvalue weighted by atomic mass is 16.5. The van der Waals surface area contributed by atoms with Crippen LogP contribution in [0.1, 0.15) is 19.4 Å². The van der Waals surface area contributed by atoms with E-state index < -0.39 is 0 Å². The minimum absolute atomic E-state index is 0.769. The molecular weight excluding hydrogens is 190 g/mol. The average molecular weight is 209 g/mol. The highest BCUT2D eigenvalue weighted by Gasteiger charge is 2.08. The molecule has 3 heteroatoms. The van der Waals surface area contributed by atoms with Gasteiger partial charge in [0.15, 0.2) is 11.5 Å². The van der Waals surface area contributed by atoms with Crippen molar-refractivity contribution in [2.45, 2.75) is 20.3 Å². The van der Waals surface area contributed by atoms with Crippen molar-refractivity contribution in [1.82, 2.24) is 0 Å². The molecule has 84 valence electrons. The summed E-state index contributed by atoms with van der Waals surface area (Å²) in [5.74, 6) is 1.56. The van der Waals surface area contributed by atoms with E-state index >= 15 is 0 Å². The molecule has 1 N–H and O–H groups in total. The highest BCUT2D eigenvalue weighted by Crippen LogP contribution is 2.33. The number of rotatable bonds is 5. The van der Waals surface area contributed by atoms with E-state index in [1.807, 2.05) is 12.1 Å². The molecule has 3 nitrogen and oxygen atoms in total. The van der Waals surface area contributed by atoms with Gasteiger partial charge in [-0.15, -0.1) is 0 Å². The fourth-order valence-electron chi connectivity index (χ4n) is 1.57. The summed E-state index contributed by atoms with van der Waals surface area (Å²) < 4.78 is 10.5. The van der Waals surface area contributed by atoms with Crippen LogP contribution in [0.2, 0.25) is 0 Å². The molecule has 0 fully saturated rings. The number of anilines is 1. The van der Waals surface area contributed by atoms with Crippen LogP contribution >= 0.6 is 0 Å². The third kappa shape index (κ3) is 2.55. The van der Waals surface area contributed by atoms with Gasteiger partial charge in [-0.25, -0.2) is 0 Å². The fourth-order valence-corrected chi connectivity index (χ4v) is 1.57. The lowest BCUT2D eigenvalue weighted by Crippen LogP contribution is -2.02. The Morgan fingerprint density at radius 3 is 2.13 bits per heavy atom. The van der Waals surface area contributed by atoms with Crippen molar-refractivity contribution in [3.8, 4) is 11.5 Å². The number of benzene rings is 1.